The number of nitrogens with one attached hydrogen (secondary N) is 2. The van der Waals surface area contributed by atoms with Crippen LogP contribution in [-0.2, 0) is 11.2 Å². The molecule has 31 heavy (non-hydrogen) atoms. The van der Waals surface area contributed by atoms with E-state index in [2.05, 4.69) is 20.6 Å². The summed E-state index contributed by atoms with van der Waals surface area (Å²) >= 11 is 0. The highest BCUT2D eigenvalue weighted by Crippen LogP contribution is 2.32. The summed E-state index contributed by atoms with van der Waals surface area (Å²) in [6.07, 6.45) is 10.3. The lowest BCUT2D eigenvalue weighted by molar-refractivity contribution is -0.121. The Bertz CT molecular complexity index is 1050. The topological polar surface area (TPSA) is 103 Å². The molecule has 4 heterocycles. The average molecular weight is 420 g/mol. The van der Waals surface area contributed by atoms with Gasteiger partial charge in [0.15, 0.2) is 11.5 Å². The van der Waals surface area contributed by atoms with Crippen LogP contribution in [0.3, 0.4) is 0 Å². The number of rotatable bonds is 6. The number of piperidine rings is 1. The van der Waals surface area contributed by atoms with Crippen LogP contribution in [0.5, 0.6) is 11.5 Å². The minimum Gasteiger partial charge on any atom is -0.454 e. The highest BCUT2D eigenvalue weighted by molar-refractivity contribution is 5.79. The Morgan fingerprint density at radius 3 is 3.00 bits per heavy atom. The van der Waals surface area contributed by atoms with Crippen molar-refractivity contribution in [2.75, 3.05) is 13.3 Å². The zero-order valence-electron chi connectivity index (χ0n) is 17.0. The number of aromatic nitrogens is 4. The number of amides is 1. The van der Waals surface area contributed by atoms with Crippen LogP contribution < -0.4 is 20.1 Å². The van der Waals surface area contributed by atoms with Gasteiger partial charge < -0.3 is 20.1 Å². The van der Waals surface area contributed by atoms with E-state index in [4.69, 9.17) is 14.5 Å². The molecule has 2 aliphatic rings. The Labute approximate surface area is 179 Å². The van der Waals surface area contributed by atoms with E-state index >= 15 is 0 Å². The van der Waals surface area contributed by atoms with E-state index in [9.17, 15) is 4.79 Å². The molecule has 1 amide bonds. The van der Waals surface area contributed by atoms with Crippen molar-refractivity contribution in [3.63, 3.8) is 0 Å². The molecule has 2 aliphatic heterocycles. The largest absolute Gasteiger partial charge is 0.454 e. The molecule has 9 heteroatoms. The lowest BCUT2D eigenvalue weighted by Gasteiger charge is -2.31. The molecule has 3 aromatic rings. The lowest BCUT2D eigenvalue weighted by atomic mass is 9.95. The van der Waals surface area contributed by atoms with Gasteiger partial charge in [-0.3, -0.25) is 9.36 Å². The van der Waals surface area contributed by atoms with Crippen LogP contribution in [0.4, 0.5) is 0 Å². The van der Waals surface area contributed by atoms with Crippen molar-refractivity contribution < 1.29 is 14.3 Å². The third-order valence-electron chi connectivity index (χ3n) is 5.59. The summed E-state index contributed by atoms with van der Waals surface area (Å²) in [5.41, 5.74) is 1.65. The van der Waals surface area contributed by atoms with Crippen LogP contribution in [0.2, 0.25) is 0 Å². The van der Waals surface area contributed by atoms with Crippen molar-refractivity contribution in [3.8, 4) is 17.4 Å². The monoisotopic (exact) mass is 420 g/mol. The standard InChI is InChI=1S/C22H24N6O3/c29-20(12-15-4-5-18-19(11-15)31-14-30-18)27-21(16-3-1-2-7-24-16)17-6-8-25-22(26-17)28-10-9-23-13-28/h4-6,8-11,13,16,21,24H,1-3,7,12,14H2,(H,27,29). The second kappa shape index (κ2) is 8.73. The summed E-state index contributed by atoms with van der Waals surface area (Å²) in [5, 5.41) is 6.75. The molecule has 1 aromatic carbocycles. The van der Waals surface area contributed by atoms with Gasteiger partial charge in [-0.15, -0.1) is 0 Å². The van der Waals surface area contributed by atoms with Crippen LogP contribution in [0.1, 0.15) is 36.6 Å². The van der Waals surface area contributed by atoms with Gasteiger partial charge in [-0.05, 0) is 43.1 Å². The van der Waals surface area contributed by atoms with Crippen molar-refractivity contribution in [2.24, 2.45) is 0 Å². The highest BCUT2D eigenvalue weighted by atomic mass is 16.7. The summed E-state index contributed by atoms with van der Waals surface area (Å²) in [6, 6.07) is 7.31. The van der Waals surface area contributed by atoms with Crippen molar-refractivity contribution in [2.45, 2.75) is 37.8 Å². The van der Waals surface area contributed by atoms with E-state index in [1.54, 1.807) is 29.5 Å². The van der Waals surface area contributed by atoms with Crippen molar-refractivity contribution in [1.29, 1.82) is 0 Å². The van der Waals surface area contributed by atoms with Crippen LogP contribution in [0.15, 0.2) is 49.2 Å². The first-order chi connectivity index (χ1) is 15.3. The molecule has 5 rings (SSSR count). The van der Waals surface area contributed by atoms with Crippen molar-refractivity contribution in [1.82, 2.24) is 30.2 Å². The Hall–Kier alpha value is -3.46. The number of nitrogens with zero attached hydrogens (tertiary/aromatic N) is 4. The molecule has 0 bridgehead atoms. The molecule has 0 saturated carbocycles. The van der Waals surface area contributed by atoms with Gasteiger partial charge in [0.05, 0.1) is 18.2 Å². The van der Waals surface area contributed by atoms with Crippen molar-refractivity contribution >= 4 is 5.91 Å². The third kappa shape index (κ3) is 4.36. The zero-order valence-corrected chi connectivity index (χ0v) is 17.0. The fourth-order valence-corrected chi connectivity index (χ4v) is 4.04. The molecular formula is C22H24N6O3. The molecule has 2 aromatic heterocycles. The van der Waals surface area contributed by atoms with Crippen LogP contribution in [-0.4, -0.2) is 44.8 Å². The summed E-state index contributed by atoms with van der Waals surface area (Å²) < 4.78 is 12.5. The molecule has 2 N–H and O–H groups in total. The maximum Gasteiger partial charge on any atom is 0.235 e. The fraction of sp³-hybridized carbons (Fsp3) is 0.364. The van der Waals surface area contributed by atoms with Gasteiger partial charge in [0.25, 0.3) is 0 Å². The smallest absolute Gasteiger partial charge is 0.235 e. The molecule has 2 unspecified atom stereocenters. The van der Waals surface area contributed by atoms with E-state index in [1.807, 2.05) is 24.3 Å². The van der Waals surface area contributed by atoms with Gasteiger partial charge >= 0.3 is 0 Å². The maximum atomic E-state index is 13.0. The number of hydrogen-bond acceptors (Lipinski definition) is 7. The van der Waals surface area contributed by atoms with Gasteiger partial charge in [-0.2, -0.15) is 0 Å². The number of ether oxygens (including phenoxy) is 2. The van der Waals surface area contributed by atoms with Gasteiger partial charge in [0.2, 0.25) is 18.6 Å². The first-order valence-corrected chi connectivity index (χ1v) is 10.5. The predicted octanol–water partition coefficient (Wildman–Crippen LogP) is 1.93. The van der Waals surface area contributed by atoms with Crippen LogP contribution in [0, 0.1) is 0 Å². The molecule has 2 atom stereocenters. The summed E-state index contributed by atoms with van der Waals surface area (Å²) in [6.45, 7) is 1.14. The van der Waals surface area contributed by atoms with Crippen LogP contribution in [0.25, 0.3) is 5.95 Å². The number of hydrogen-bond donors (Lipinski definition) is 2. The van der Waals surface area contributed by atoms with E-state index in [1.165, 1.54) is 0 Å². The highest BCUT2D eigenvalue weighted by Gasteiger charge is 2.28. The Morgan fingerprint density at radius 1 is 1.23 bits per heavy atom. The van der Waals surface area contributed by atoms with Crippen molar-refractivity contribution in [3.05, 3.63) is 60.4 Å². The summed E-state index contributed by atoms with van der Waals surface area (Å²) in [4.78, 5) is 26.1. The van der Waals surface area contributed by atoms with E-state index in [0.29, 0.717) is 17.4 Å². The fourth-order valence-electron chi connectivity index (χ4n) is 4.04. The molecule has 1 fully saturated rings. The number of carbonyl (C=O) groups excluding carboxylic acids is 1. The number of carbonyl (C=O) groups is 1. The van der Waals surface area contributed by atoms with Gasteiger partial charge in [0, 0.05) is 24.6 Å². The maximum absolute atomic E-state index is 13.0. The molecule has 9 nitrogen and oxygen atoms in total. The molecule has 160 valence electrons. The Kier molecular flexibility index (Phi) is 5.49. The third-order valence-corrected chi connectivity index (χ3v) is 5.59. The second-order valence-corrected chi connectivity index (χ2v) is 7.72. The van der Waals surface area contributed by atoms with E-state index < -0.39 is 0 Å². The molecule has 0 radical (unpaired) electrons. The Balaban J connectivity index is 1.36. The quantitative estimate of drug-likeness (QED) is 0.628. The minimum absolute atomic E-state index is 0.0703. The average Bonchev–Trinajstić information content (AvgIpc) is 3.50. The first-order valence-electron chi connectivity index (χ1n) is 10.5. The minimum atomic E-state index is -0.257. The number of imidazole rings is 1. The summed E-state index contributed by atoms with van der Waals surface area (Å²) in [5.74, 6) is 1.85. The second-order valence-electron chi connectivity index (χ2n) is 7.72. The summed E-state index contributed by atoms with van der Waals surface area (Å²) in [7, 11) is 0. The van der Waals surface area contributed by atoms with Gasteiger partial charge in [0.1, 0.15) is 6.33 Å². The lowest BCUT2D eigenvalue weighted by Crippen LogP contribution is -2.46. The SMILES string of the molecule is O=C(Cc1ccc2c(c1)OCO2)NC(c1ccnc(-n2ccnc2)n1)C1CCCCN1. The van der Waals surface area contributed by atoms with E-state index in [0.717, 1.165) is 37.1 Å². The Morgan fingerprint density at radius 2 is 2.16 bits per heavy atom. The van der Waals surface area contributed by atoms with Gasteiger partial charge in [-0.1, -0.05) is 12.5 Å². The molecule has 0 spiro atoms. The number of fused-ring (bicyclic) bond motifs is 1. The zero-order chi connectivity index (χ0) is 21.0. The van der Waals surface area contributed by atoms with E-state index in [-0.39, 0.29) is 31.2 Å². The molecule has 0 aliphatic carbocycles. The first kappa shape index (κ1) is 19.5. The predicted molar refractivity (Wildman–Crippen MR) is 112 cm³/mol. The molecular weight excluding hydrogens is 396 g/mol. The van der Waals surface area contributed by atoms with Gasteiger partial charge in [-0.25, -0.2) is 15.0 Å². The molecule has 1 saturated heterocycles. The normalized spacial score (nSPS) is 18.5. The van der Waals surface area contributed by atoms with Crippen LogP contribution >= 0.6 is 0 Å². The number of benzene rings is 1.